The highest BCUT2D eigenvalue weighted by molar-refractivity contribution is 5.95. The normalized spacial score (nSPS) is 17.6. The van der Waals surface area contributed by atoms with Gasteiger partial charge in [-0.15, -0.1) is 0 Å². The van der Waals surface area contributed by atoms with Crippen LogP contribution in [0.2, 0.25) is 0 Å². The Bertz CT molecular complexity index is 1570. The molecule has 246 valence electrons. The number of nitrogens with one attached hydrogen (secondary N) is 1. The molecule has 1 spiro atoms. The number of hydrogen-bond donors (Lipinski definition) is 1. The van der Waals surface area contributed by atoms with E-state index < -0.39 is 29.0 Å². The van der Waals surface area contributed by atoms with Crippen molar-refractivity contribution in [2.24, 2.45) is 5.41 Å². The lowest BCUT2D eigenvalue weighted by Crippen LogP contribution is -2.39. The molecule has 2 aliphatic rings. The van der Waals surface area contributed by atoms with E-state index in [0.717, 1.165) is 28.1 Å². The summed E-state index contributed by atoms with van der Waals surface area (Å²) in [5.41, 5.74) is 4.07. The predicted octanol–water partition coefficient (Wildman–Crippen LogP) is 7.73. The maximum Gasteiger partial charge on any atom is 0.340 e. The van der Waals surface area contributed by atoms with E-state index in [1.165, 1.54) is 0 Å². The third-order valence-corrected chi connectivity index (χ3v) is 8.86. The maximum absolute atomic E-state index is 14.4. The number of anilines is 1. The molecule has 1 aliphatic carbocycles. The first kappa shape index (κ1) is 33.5. The Hall–Kier alpha value is -3.85. The van der Waals surface area contributed by atoms with Gasteiger partial charge in [-0.3, -0.25) is 9.78 Å². The minimum Gasteiger partial charge on any atom is -0.461 e. The van der Waals surface area contributed by atoms with Crippen molar-refractivity contribution in [2.75, 3.05) is 18.0 Å². The molecule has 7 nitrogen and oxygen atoms in total. The van der Waals surface area contributed by atoms with Crippen molar-refractivity contribution in [2.45, 2.75) is 98.0 Å². The molecule has 1 aliphatic heterocycles. The van der Waals surface area contributed by atoms with Crippen LogP contribution in [0.4, 0.5) is 14.5 Å². The molecule has 2 heterocycles. The van der Waals surface area contributed by atoms with Gasteiger partial charge in [0.2, 0.25) is 0 Å². The van der Waals surface area contributed by atoms with Gasteiger partial charge in [-0.25, -0.2) is 13.6 Å². The molecule has 1 aromatic heterocycles. The molecule has 2 aromatic carbocycles. The zero-order chi connectivity index (χ0) is 33.4. The second-order valence-corrected chi connectivity index (χ2v) is 13.9. The fourth-order valence-corrected chi connectivity index (χ4v) is 6.46. The monoisotopic (exact) mass is 633 g/mol. The molecule has 2 fully saturated rings. The van der Waals surface area contributed by atoms with Crippen molar-refractivity contribution in [3.8, 4) is 11.1 Å². The van der Waals surface area contributed by atoms with Crippen LogP contribution in [-0.2, 0) is 20.8 Å². The number of ether oxygens (including phenoxy) is 2. The lowest BCUT2D eigenvalue weighted by Gasteiger charge is -2.39. The van der Waals surface area contributed by atoms with Gasteiger partial charge < -0.3 is 19.7 Å². The summed E-state index contributed by atoms with van der Waals surface area (Å²) in [5.74, 6) is -3.36. The number of halogens is 2. The van der Waals surface area contributed by atoms with Crippen LogP contribution in [0.1, 0.15) is 92.9 Å². The Morgan fingerprint density at radius 3 is 2.13 bits per heavy atom. The summed E-state index contributed by atoms with van der Waals surface area (Å²) in [4.78, 5) is 33.7. The average molecular weight is 634 g/mol. The predicted molar refractivity (Wildman–Crippen MR) is 175 cm³/mol. The number of hydrogen-bond acceptors (Lipinski definition) is 6. The molecule has 1 saturated carbocycles. The fourth-order valence-electron chi connectivity index (χ4n) is 6.46. The molecule has 9 heteroatoms. The Kier molecular flexibility index (Phi) is 9.28. The van der Waals surface area contributed by atoms with Gasteiger partial charge in [0.1, 0.15) is 0 Å². The van der Waals surface area contributed by atoms with Crippen LogP contribution in [0, 0.1) is 19.3 Å². The minimum atomic E-state index is -2.63. The first-order chi connectivity index (χ1) is 21.6. The zero-order valence-electron chi connectivity index (χ0n) is 27.9. The smallest absolute Gasteiger partial charge is 0.340 e. The minimum absolute atomic E-state index is 0.0772. The molecule has 1 amide bonds. The number of aryl methyl sites for hydroxylation is 2. The number of esters is 1. The van der Waals surface area contributed by atoms with Crippen molar-refractivity contribution < 1.29 is 27.8 Å². The quantitative estimate of drug-likeness (QED) is 0.243. The van der Waals surface area contributed by atoms with Gasteiger partial charge in [0.15, 0.2) is 6.10 Å². The molecule has 5 rings (SSSR count). The number of aromatic nitrogens is 1. The fraction of sp³-hybridized carbons (Fsp3) is 0.486. The number of carbonyl (C=O) groups is 2. The molecule has 3 aromatic rings. The van der Waals surface area contributed by atoms with E-state index in [4.69, 9.17) is 14.5 Å². The van der Waals surface area contributed by atoms with Crippen molar-refractivity contribution >= 4 is 17.6 Å². The van der Waals surface area contributed by atoms with Crippen LogP contribution < -0.4 is 10.2 Å². The lowest BCUT2D eigenvalue weighted by atomic mass is 9.89. The van der Waals surface area contributed by atoms with Gasteiger partial charge in [0, 0.05) is 59.5 Å². The summed E-state index contributed by atoms with van der Waals surface area (Å²) in [6.07, 6.45) is -0.841. The number of pyridine rings is 1. The lowest BCUT2D eigenvalue weighted by molar-refractivity contribution is -0.171. The highest BCUT2D eigenvalue weighted by Crippen LogP contribution is 2.66. The third-order valence-electron chi connectivity index (χ3n) is 8.86. The third kappa shape index (κ3) is 7.09. The van der Waals surface area contributed by atoms with Gasteiger partial charge in [-0.05, 0) is 84.6 Å². The van der Waals surface area contributed by atoms with Crippen molar-refractivity contribution in [3.05, 3.63) is 82.7 Å². The molecule has 0 radical (unpaired) electrons. The van der Waals surface area contributed by atoms with Gasteiger partial charge in [0.25, 0.3) is 11.8 Å². The Balaban J connectivity index is 1.57. The number of nitrogens with zero attached hydrogens (tertiary/aromatic N) is 2. The van der Waals surface area contributed by atoms with Crippen molar-refractivity contribution in [3.63, 3.8) is 0 Å². The van der Waals surface area contributed by atoms with Crippen molar-refractivity contribution in [1.82, 2.24) is 10.3 Å². The number of rotatable bonds is 9. The number of benzene rings is 2. The molecule has 1 saturated heterocycles. The largest absolute Gasteiger partial charge is 0.461 e. The molecule has 1 N–H and O–H groups in total. The van der Waals surface area contributed by atoms with Crippen LogP contribution in [0.25, 0.3) is 11.1 Å². The average Bonchev–Trinajstić information content (AvgIpc) is 3.52. The van der Waals surface area contributed by atoms with Crippen LogP contribution >= 0.6 is 0 Å². The standard InChI is InChI=1S/C37H45F2N3O4/c1-23(2)45-34(44)32(46-35(5,6)7)30-25(4)41-24(3)29(31(30)42-19-17-36(18-20-42)22-37(36,38)39)27-13-15-28(16-14-27)33(43)40-21-26-11-9-8-10-12-26/h8-16,23,32H,17-22H2,1-7H3,(H,40,43). The SMILES string of the molecule is Cc1nc(C)c(C(OC(C)(C)C)C(=O)OC(C)C)c(N2CCC3(CC2)CC3(F)F)c1-c1ccc(C(=O)NCc2ccccc2)cc1. The van der Waals surface area contributed by atoms with Gasteiger partial charge >= 0.3 is 5.97 Å². The highest BCUT2D eigenvalue weighted by Gasteiger charge is 2.70. The molecule has 46 heavy (non-hydrogen) atoms. The highest BCUT2D eigenvalue weighted by atomic mass is 19.3. The summed E-state index contributed by atoms with van der Waals surface area (Å²) in [7, 11) is 0. The summed E-state index contributed by atoms with van der Waals surface area (Å²) >= 11 is 0. The number of carbonyl (C=O) groups excluding carboxylic acids is 2. The van der Waals surface area contributed by atoms with E-state index in [-0.39, 0.29) is 18.4 Å². The molecule has 0 bridgehead atoms. The van der Waals surface area contributed by atoms with E-state index in [1.54, 1.807) is 26.0 Å². The van der Waals surface area contributed by atoms with Gasteiger partial charge in [-0.2, -0.15) is 0 Å². The van der Waals surface area contributed by atoms with E-state index in [0.29, 0.717) is 49.3 Å². The Morgan fingerprint density at radius 2 is 1.59 bits per heavy atom. The van der Waals surface area contributed by atoms with Crippen molar-refractivity contribution in [1.29, 1.82) is 0 Å². The summed E-state index contributed by atoms with van der Waals surface area (Å²) in [5, 5.41) is 2.96. The second-order valence-electron chi connectivity index (χ2n) is 13.9. The first-order valence-corrected chi connectivity index (χ1v) is 16.1. The van der Waals surface area contributed by atoms with Crippen LogP contribution in [-0.4, -0.2) is 47.6 Å². The van der Waals surface area contributed by atoms with E-state index in [9.17, 15) is 18.4 Å². The Labute approximate surface area is 270 Å². The van der Waals surface area contributed by atoms with E-state index >= 15 is 0 Å². The molecule has 1 atom stereocenters. The molecular weight excluding hydrogens is 588 g/mol. The summed E-state index contributed by atoms with van der Waals surface area (Å²) in [6, 6.07) is 17.0. The van der Waals surface area contributed by atoms with Crippen LogP contribution in [0.15, 0.2) is 54.6 Å². The molecular formula is C37H45F2N3O4. The topological polar surface area (TPSA) is 80.8 Å². The molecule has 1 unspecified atom stereocenters. The van der Waals surface area contributed by atoms with Crippen LogP contribution in [0.3, 0.4) is 0 Å². The summed E-state index contributed by atoms with van der Waals surface area (Å²) < 4.78 is 40.9. The van der Waals surface area contributed by atoms with E-state index in [2.05, 4.69) is 10.2 Å². The van der Waals surface area contributed by atoms with Gasteiger partial charge in [-0.1, -0.05) is 42.5 Å². The van der Waals surface area contributed by atoms with Crippen LogP contribution in [0.5, 0.6) is 0 Å². The number of alkyl halides is 2. The number of amides is 1. The second kappa shape index (κ2) is 12.7. The van der Waals surface area contributed by atoms with Gasteiger partial charge in [0.05, 0.1) is 17.4 Å². The maximum atomic E-state index is 14.4. The zero-order valence-corrected chi connectivity index (χ0v) is 27.9. The summed E-state index contributed by atoms with van der Waals surface area (Å²) in [6.45, 7) is 14.2. The number of piperidine rings is 1. The first-order valence-electron chi connectivity index (χ1n) is 16.1. The Morgan fingerprint density at radius 1 is 0.978 bits per heavy atom. The van der Waals surface area contributed by atoms with E-state index in [1.807, 2.05) is 77.1 Å².